The Morgan fingerprint density at radius 2 is 2.14 bits per heavy atom. The van der Waals surface area contributed by atoms with Crippen molar-refractivity contribution in [3.05, 3.63) is 58.1 Å². The SMILES string of the molecule is CCCCN1C(C)=CSC1=CC(=O)[C@@H]1C[C@H]1c1ccccc1. The highest BCUT2D eigenvalue weighted by molar-refractivity contribution is 8.06. The van der Waals surface area contributed by atoms with Crippen LogP contribution in [0.25, 0.3) is 0 Å². The van der Waals surface area contributed by atoms with E-state index in [0.717, 1.165) is 24.4 Å². The maximum Gasteiger partial charge on any atom is 0.162 e. The lowest BCUT2D eigenvalue weighted by molar-refractivity contribution is -0.115. The zero-order valence-corrected chi connectivity index (χ0v) is 14.1. The predicted octanol–water partition coefficient (Wildman–Crippen LogP) is 4.91. The average molecular weight is 313 g/mol. The zero-order chi connectivity index (χ0) is 15.5. The van der Waals surface area contributed by atoms with Gasteiger partial charge in [0.2, 0.25) is 0 Å². The number of carbonyl (C=O) groups is 1. The molecule has 0 radical (unpaired) electrons. The number of thioether (sulfide) groups is 1. The van der Waals surface area contributed by atoms with Gasteiger partial charge in [0, 0.05) is 24.2 Å². The summed E-state index contributed by atoms with van der Waals surface area (Å²) in [6.07, 6.45) is 5.21. The first-order valence-corrected chi connectivity index (χ1v) is 9.00. The highest BCUT2D eigenvalue weighted by Gasteiger charge is 2.43. The quantitative estimate of drug-likeness (QED) is 0.696. The van der Waals surface area contributed by atoms with Crippen molar-refractivity contribution in [2.45, 2.75) is 39.0 Å². The molecule has 22 heavy (non-hydrogen) atoms. The molecule has 0 N–H and O–H groups in total. The van der Waals surface area contributed by atoms with E-state index in [1.165, 1.54) is 17.7 Å². The molecule has 1 aliphatic carbocycles. The van der Waals surface area contributed by atoms with Gasteiger partial charge >= 0.3 is 0 Å². The van der Waals surface area contributed by atoms with Crippen LogP contribution in [0.5, 0.6) is 0 Å². The number of unbranched alkanes of at least 4 members (excludes halogenated alkanes) is 1. The van der Waals surface area contributed by atoms with Crippen LogP contribution in [0, 0.1) is 5.92 Å². The van der Waals surface area contributed by atoms with Gasteiger partial charge in [0.1, 0.15) is 0 Å². The Hall–Kier alpha value is -1.48. The van der Waals surface area contributed by atoms with Gasteiger partial charge in [-0.3, -0.25) is 4.79 Å². The normalized spacial score (nSPS) is 25.5. The van der Waals surface area contributed by atoms with Crippen LogP contribution in [0.3, 0.4) is 0 Å². The topological polar surface area (TPSA) is 20.3 Å². The molecule has 1 aromatic rings. The van der Waals surface area contributed by atoms with Gasteiger partial charge in [-0.15, -0.1) is 0 Å². The minimum atomic E-state index is 0.185. The fourth-order valence-corrected chi connectivity index (χ4v) is 3.93. The summed E-state index contributed by atoms with van der Waals surface area (Å²) in [5.74, 6) is 0.903. The molecule has 2 nitrogen and oxygen atoms in total. The monoisotopic (exact) mass is 313 g/mol. The number of ketones is 1. The number of carbonyl (C=O) groups excluding carboxylic acids is 1. The molecule has 3 rings (SSSR count). The molecule has 0 bridgehead atoms. The van der Waals surface area contributed by atoms with Gasteiger partial charge in [-0.1, -0.05) is 55.4 Å². The minimum absolute atomic E-state index is 0.185. The fourth-order valence-electron chi connectivity index (χ4n) is 2.97. The Balaban J connectivity index is 1.64. The van der Waals surface area contributed by atoms with Crippen LogP contribution < -0.4 is 0 Å². The molecule has 0 spiro atoms. The van der Waals surface area contributed by atoms with E-state index in [1.807, 2.05) is 12.1 Å². The van der Waals surface area contributed by atoms with Crippen molar-refractivity contribution >= 4 is 17.5 Å². The first-order valence-electron chi connectivity index (χ1n) is 8.12. The first kappa shape index (κ1) is 15.4. The van der Waals surface area contributed by atoms with Gasteiger partial charge in [0.15, 0.2) is 5.78 Å². The molecule has 0 saturated heterocycles. The van der Waals surface area contributed by atoms with Crippen LogP contribution >= 0.6 is 11.8 Å². The van der Waals surface area contributed by atoms with Crippen LogP contribution in [-0.4, -0.2) is 17.2 Å². The average Bonchev–Trinajstić information content (AvgIpc) is 3.27. The number of nitrogens with zero attached hydrogens (tertiary/aromatic N) is 1. The summed E-state index contributed by atoms with van der Waals surface area (Å²) >= 11 is 1.68. The molecule has 1 aliphatic heterocycles. The van der Waals surface area contributed by atoms with Crippen molar-refractivity contribution in [2.24, 2.45) is 5.92 Å². The third kappa shape index (κ3) is 3.30. The summed E-state index contributed by atoms with van der Waals surface area (Å²) in [6, 6.07) is 10.4. The van der Waals surface area contributed by atoms with Crippen molar-refractivity contribution in [3.63, 3.8) is 0 Å². The zero-order valence-electron chi connectivity index (χ0n) is 13.3. The standard InChI is InChI=1S/C19H23NOS/c1-3-4-10-20-14(2)13-22-19(20)12-18(21)17-11-16(17)15-8-6-5-7-9-15/h5-9,12-13,16-17H,3-4,10-11H2,1-2H3/t16-,17+/m0/s1. The smallest absolute Gasteiger partial charge is 0.162 e. The lowest BCUT2D eigenvalue weighted by Crippen LogP contribution is -2.18. The molecule has 0 unspecified atom stereocenters. The Kier molecular flexibility index (Phi) is 4.72. The maximum absolute atomic E-state index is 12.5. The lowest BCUT2D eigenvalue weighted by atomic mass is 10.1. The van der Waals surface area contributed by atoms with E-state index in [0.29, 0.717) is 11.7 Å². The van der Waals surface area contributed by atoms with Crippen LogP contribution in [-0.2, 0) is 4.79 Å². The van der Waals surface area contributed by atoms with Crippen LogP contribution in [0.2, 0.25) is 0 Å². The largest absolute Gasteiger partial charge is 0.339 e. The van der Waals surface area contributed by atoms with E-state index in [2.05, 4.69) is 48.4 Å². The van der Waals surface area contributed by atoms with E-state index < -0.39 is 0 Å². The number of rotatable bonds is 6. The van der Waals surface area contributed by atoms with E-state index in [-0.39, 0.29) is 5.92 Å². The van der Waals surface area contributed by atoms with Gasteiger partial charge in [-0.05, 0) is 36.7 Å². The highest BCUT2D eigenvalue weighted by Crippen LogP contribution is 2.48. The summed E-state index contributed by atoms with van der Waals surface area (Å²) in [5, 5.41) is 3.26. The highest BCUT2D eigenvalue weighted by atomic mass is 32.2. The number of hydrogen-bond donors (Lipinski definition) is 0. The van der Waals surface area contributed by atoms with Crippen LogP contribution in [0.1, 0.15) is 44.6 Å². The minimum Gasteiger partial charge on any atom is -0.339 e. The molecule has 1 heterocycles. The van der Waals surface area contributed by atoms with Crippen molar-refractivity contribution < 1.29 is 4.79 Å². The molecular weight excluding hydrogens is 290 g/mol. The Morgan fingerprint density at radius 1 is 1.36 bits per heavy atom. The van der Waals surface area contributed by atoms with E-state index in [1.54, 1.807) is 11.8 Å². The van der Waals surface area contributed by atoms with Crippen molar-refractivity contribution in [3.8, 4) is 0 Å². The van der Waals surface area contributed by atoms with Gasteiger partial charge in [0.05, 0.1) is 5.03 Å². The third-order valence-electron chi connectivity index (χ3n) is 4.43. The number of benzene rings is 1. The fraction of sp³-hybridized carbons (Fsp3) is 0.421. The number of allylic oxidation sites excluding steroid dienone is 2. The molecule has 2 aliphatic rings. The molecule has 2 atom stereocenters. The Bertz CT molecular complexity index is 605. The van der Waals surface area contributed by atoms with E-state index >= 15 is 0 Å². The van der Waals surface area contributed by atoms with Crippen molar-refractivity contribution in [1.29, 1.82) is 0 Å². The second kappa shape index (κ2) is 6.74. The van der Waals surface area contributed by atoms with Gasteiger partial charge in [-0.2, -0.15) is 0 Å². The van der Waals surface area contributed by atoms with Gasteiger partial charge in [0.25, 0.3) is 0 Å². The summed E-state index contributed by atoms with van der Waals surface area (Å²) in [7, 11) is 0. The maximum atomic E-state index is 12.5. The molecule has 0 aromatic heterocycles. The molecule has 116 valence electrons. The Morgan fingerprint density at radius 3 is 2.86 bits per heavy atom. The van der Waals surface area contributed by atoms with Crippen LogP contribution in [0.4, 0.5) is 0 Å². The van der Waals surface area contributed by atoms with E-state index in [9.17, 15) is 4.79 Å². The molecule has 1 saturated carbocycles. The summed E-state index contributed by atoms with van der Waals surface area (Å²) < 4.78 is 0. The predicted molar refractivity (Wildman–Crippen MR) is 93.3 cm³/mol. The summed E-state index contributed by atoms with van der Waals surface area (Å²) in [6.45, 7) is 5.33. The third-order valence-corrected chi connectivity index (χ3v) is 5.47. The van der Waals surface area contributed by atoms with E-state index in [4.69, 9.17) is 0 Å². The second-order valence-corrected chi connectivity index (χ2v) is 7.02. The summed E-state index contributed by atoms with van der Waals surface area (Å²) in [5.41, 5.74) is 2.56. The first-order chi connectivity index (χ1) is 10.7. The molecular formula is C19H23NOS. The van der Waals surface area contributed by atoms with Crippen LogP contribution in [0.15, 0.2) is 52.5 Å². The van der Waals surface area contributed by atoms with Gasteiger partial charge < -0.3 is 4.90 Å². The van der Waals surface area contributed by atoms with Crippen molar-refractivity contribution in [1.82, 2.24) is 4.90 Å². The number of hydrogen-bond acceptors (Lipinski definition) is 3. The summed E-state index contributed by atoms with van der Waals surface area (Å²) in [4.78, 5) is 14.8. The second-order valence-electron chi connectivity index (χ2n) is 6.13. The molecule has 3 heteroatoms. The lowest BCUT2D eigenvalue weighted by Gasteiger charge is -2.21. The van der Waals surface area contributed by atoms with Gasteiger partial charge in [-0.25, -0.2) is 0 Å². The Labute approximate surface area is 137 Å². The van der Waals surface area contributed by atoms with Crippen molar-refractivity contribution in [2.75, 3.05) is 6.54 Å². The molecule has 1 fully saturated rings. The molecule has 0 amide bonds. The molecule has 1 aromatic carbocycles.